The largest absolute Gasteiger partial charge is 0.494 e. The number of hydrogen-bond donors (Lipinski definition) is 0. The summed E-state index contributed by atoms with van der Waals surface area (Å²) < 4.78 is 21.5. The average Bonchev–Trinajstić information content (AvgIpc) is 3.67. The van der Waals surface area contributed by atoms with Crippen LogP contribution in [0.4, 0.5) is 0 Å². The van der Waals surface area contributed by atoms with E-state index in [2.05, 4.69) is 0 Å². The van der Waals surface area contributed by atoms with E-state index in [0.717, 1.165) is 32.3 Å². The molecule has 1 fully saturated rings. The van der Waals surface area contributed by atoms with Gasteiger partial charge in [-0.15, -0.1) is 0 Å². The van der Waals surface area contributed by atoms with Crippen molar-refractivity contribution in [3.63, 3.8) is 0 Å². The van der Waals surface area contributed by atoms with E-state index in [1.54, 1.807) is 24.3 Å². The van der Waals surface area contributed by atoms with Gasteiger partial charge in [0.1, 0.15) is 17.6 Å². The highest BCUT2D eigenvalue weighted by Crippen LogP contribution is 2.22. The number of esters is 2. The second-order valence-electron chi connectivity index (χ2n) is 8.15. The van der Waals surface area contributed by atoms with Crippen molar-refractivity contribution < 1.29 is 28.5 Å². The van der Waals surface area contributed by atoms with Gasteiger partial charge in [-0.05, 0) is 67.6 Å². The number of unbranched alkanes of at least 4 members (excludes halogenated alkanes) is 1. The molecule has 7 heteroatoms. The lowest BCUT2D eigenvalue weighted by atomic mass is 10.1. The van der Waals surface area contributed by atoms with Gasteiger partial charge >= 0.3 is 11.9 Å². The van der Waals surface area contributed by atoms with Gasteiger partial charge in [0, 0.05) is 0 Å². The van der Waals surface area contributed by atoms with Gasteiger partial charge in [-0.25, -0.2) is 9.59 Å². The third-order valence-corrected chi connectivity index (χ3v) is 5.42. The fraction of sp³-hybridized carbons (Fsp3) is 0.423. The fourth-order valence-electron chi connectivity index (χ4n) is 3.00. The molecule has 0 aliphatic carbocycles. The zero-order chi connectivity index (χ0) is 23.6. The zero-order valence-electron chi connectivity index (χ0n) is 19.0. The molecule has 0 N–H and O–H groups in total. The summed E-state index contributed by atoms with van der Waals surface area (Å²) >= 11 is 0. The Labute approximate surface area is 194 Å². The number of carbonyl (C=O) groups excluding carboxylic acids is 2. The van der Waals surface area contributed by atoms with Crippen molar-refractivity contribution in [2.24, 2.45) is 5.92 Å². The second-order valence-corrected chi connectivity index (χ2v) is 8.15. The third-order valence-electron chi connectivity index (χ3n) is 5.42. The van der Waals surface area contributed by atoms with Crippen LogP contribution in [0.3, 0.4) is 0 Å². The lowest BCUT2D eigenvalue weighted by molar-refractivity contribution is 0.0447. The Kier molecular flexibility index (Phi) is 8.85. The maximum Gasteiger partial charge on any atom is 0.343 e. The van der Waals surface area contributed by atoms with Crippen LogP contribution < -0.4 is 9.47 Å². The number of nitriles is 1. The maximum absolute atomic E-state index is 12.5. The van der Waals surface area contributed by atoms with Crippen molar-refractivity contribution in [1.29, 1.82) is 5.26 Å². The van der Waals surface area contributed by atoms with Crippen LogP contribution in [0.2, 0.25) is 0 Å². The molecule has 1 aliphatic rings. The molecular weight excluding hydrogens is 422 g/mol. The Balaban J connectivity index is 1.53. The molecule has 0 aromatic heterocycles. The van der Waals surface area contributed by atoms with Gasteiger partial charge in [0.05, 0.1) is 42.6 Å². The lowest BCUT2D eigenvalue weighted by Crippen LogP contribution is -2.13. The van der Waals surface area contributed by atoms with Gasteiger partial charge < -0.3 is 18.9 Å². The number of rotatable bonds is 12. The van der Waals surface area contributed by atoms with E-state index in [1.807, 2.05) is 19.9 Å². The van der Waals surface area contributed by atoms with E-state index < -0.39 is 11.9 Å². The van der Waals surface area contributed by atoms with E-state index in [-0.39, 0.29) is 22.8 Å². The standard InChI is InChI=1S/C26H29NO6/c1-3-18(2)16-32-25(28)20-9-12-24(21(14-20)15-27)33-26(29)19-7-10-22(11-8-19)30-13-5-4-6-23-17-31-23/h7-12,14,18,23H,3-6,13,16-17H2,1-2H3/t18-,23?/m0/s1. The number of carbonyl (C=O) groups is 2. The van der Waals surface area contributed by atoms with E-state index in [4.69, 9.17) is 18.9 Å². The summed E-state index contributed by atoms with van der Waals surface area (Å²) in [7, 11) is 0. The van der Waals surface area contributed by atoms with Crippen molar-refractivity contribution >= 4 is 11.9 Å². The van der Waals surface area contributed by atoms with Gasteiger partial charge in [0.25, 0.3) is 0 Å². The van der Waals surface area contributed by atoms with Gasteiger partial charge in [-0.2, -0.15) is 5.26 Å². The summed E-state index contributed by atoms with van der Waals surface area (Å²) in [6, 6.07) is 12.9. The van der Waals surface area contributed by atoms with Crippen molar-refractivity contribution in [1.82, 2.24) is 0 Å². The summed E-state index contributed by atoms with van der Waals surface area (Å²) in [5.41, 5.74) is 0.646. The summed E-state index contributed by atoms with van der Waals surface area (Å²) in [6.07, 6.45) is 4.41. The van der Waals surface area contributed by atoms with Crippen LogP contribution in [0.15, 0.2) is 42.5 Å². The minimum atomic E-state index is -0.602. The summed E-state index contributed by atoms with van der Waals surface area (Å²) in [6.45, 7) is 5.80. The number of nitrogens with zero attached hydrogens (tertiary/aromatic N) is 1. The molecule has 0 spiro atoms. The molecule has 1 aliphatic heterocycles. The van der Waals surface area contributed by atoms with Gasteiger partial charge in [-0.3, -0.25) is 0 Å². The number of epoxide rings is 1. The Hall–Kier alpha value is -3.37. The first-order valence-electron chi connectivity index (χ1n) is 11.3. The lowest BCUT2D eigenvalue weighted by Gasteiger charge is -2.11. The molecular formula is C26H29NO6. The van der Waals surface area contributed by atoms with Gasteiger partial charge in [0.2, 0.25) is 0 Å². The Morgan fingerprint density at radius 2 is 1.85 bits per heavy atom. The minimum absolute atomic E-state index is 0.0814. The number of ether oxygens (including phenoxy) is 4. The summed E-state index contributed by atoms with van der Waals surface area (Å²) in [5, 5.41) is 9.44. The molecule has 3 rings (SSSR count). The van der Waals surface area contributed by atoms with E-state index >= 15 is 0 Å². The van der Waals surface area contributed by atoms with Crippen LogP contribution in [0, 0.1) is 17.2 Å². The van der Waals surface area contributed by atoms with Crippen molar-refractivity contribution in [3.05, 3.63) is 59.2 Å². The Morgan fingerprint density at radius 1 is 1.12 bits per heavy atom. The normalized spacial score (nSPS) is 15.2. The highest BCUT2D eigenvalue weighted by atomic mass is 16.6. The average molecular weight is 452 g/mol. The molecule has 2 atom stereocenters. The van der Waals surface area contributed by atoms with Crippen molar-refractivity contribution in [3.8, 4) is 17.6 Å². The van der Waals surface area contributed by atoms with E-state index in [1.165, 1.54) is 18.2 Å². The van der Waals surface area contributed by atoms with E-state index in [9.17, 15) is 14.9 Å². The van der Waals surface area contributed by atoms with Crippen LogP contribution >= 0.6 is 0 Å². The quantitative estimate of drug-likeness (QED) is 0.195. The summed E-state index contributed by atoms with van der Waals surface area (Å²) in [5.74, 6) is -0.104. The molecule has 0 bridgehead atoms. The van der Waals surface area contributed by atoms with Gasteiger partial charge in [-0.1, -0.05) is 20.3 Å². The fourth-order valence-corrected chi connectivity index (χ4v) is 3.00. The van der Waals surface area contributed by atoms with Crippen LogP contribution in [0.1, 0.15) is 65.8 Å². The number of benzene rings is 2. The predicted octanol–water partition coefficient (Wildman–Crippen LogP) is 4.93. The zero-order valence-corrected chi connectivity index (χ0v) is 19.0. The molecule has 1 heterocycles. The summed E-state index contributed by atoms with van der Waals surface area (Å²) in [4.78, 5) is 24.7. The second kappa shape index (κ2) is 12.0. The Bertz CT molecular complexity index is 991. The predicted molar refractivity (Wildman–Crippen MR) is 121 cm³/mol. The van der Waals surface area contributed by atoms with Crippen molar-refractivity contribution in [2.75, 3.05) is 19.8 Å². The molecule has 33 heavy (non-hydrogen) atoms. The highest BCUT2D eigenvalue weighted by Gasteiger charge is 2.21. The first kappa shape index (κ1) is 24.3. The maximum atomic E-state index is 12.5. The van der Waals surface area contributed by atoms with Crippen LogP contribution in [-0.4, -0.2) is 37.9 Å². The first-order chi connectivity index (χ1) is 16.0. The molecule has 1 unspecified atom stereocenters. The third kappa shape index (κ3) is 7.62. The molecule has 0 saturated carbocycles. The first-order valence-corrected chi connectivity index (χ1v) is 11.3. The van der Waals surface area contributed by atoms with Crippen LogP contribution in [-0.2, 0) is 9.47 Å². The SMILES string of the molecule is CC[C@H](C)COC(=O)c1ccc(OC(=O)c2ccc(OCCCCC3CO3)cc2)c(C#N)c1. The monoisotopic (exact) mass is 451 g/mol. The molecule has 0 radical (unpaired) electrons. The topological polar surface area (TPSA) is 98.2 Å². The number of hydrogen-bond acceptors (Lipinski definition) is 7. The Morgan fingerprint density at radius 3 is 2.52 bits per heavy atom. The molecule has 2 aromatic carbocycles. The van der Waals surface area contributed by atoms with Crippen LogP contribution in [0.25, 0.3) is 0 Å². The minimum Gasteiger partial charge on any atom is -0.494 e. The smallest absolute Gasteiger partial charge is 0.343 e. The molecule has 1 saturated heterocycles. The molecule has 0 amide bonds. The van der Waals surface area contributed by atoms with Gasteiger partial charge in [0.15, 0.2) is 0 Å². The molecule has 7 nitrogen and oxygen atoms in total. The highest BCUT2D eigenvalue weighted by molar-refractivity contribution is 5.92. The molecule has 2 aromatic rings. The van der Waals surface area contributed by atoms with Crippen LogP contribution in [0.5, 0.6) is 11.5 Å². The van der Waals surface area contributed by atoms with Crippen molar-refractivity contribution in [2.45, 2.75) is 45.6 Å². The molecule has 174 valence electrons. The van der Waals surface area contributed by atoms with E-state index in [0.29, 0.717) is 30.6 Å².